The van der Waals surface area contributed by atoms with Gasteiger partial charge in [-0.05, 0) is 12.3 Å². The first-order valence-corrected chi connectivity index (χ1v) is 5.50. The minimum atomic E-state index is -0.201. The van der Waals surface area contributed by atoms with E-state index in [1.807, 2.05) is 0 Å². The highest BCUT2D eigenvalue weighted by Gasteiger charge is 2.31. The summed E-state index contributed by atoms with van der Waals surface area (Å²) in [7, 11) is 1.65. The molecule has 0 aliphatic rings. The molecule has 0 aliphatic heterocycles. The van der Waals surface area contributed by atoms with E-state index in [-0.39, 0.29) is 12.0 Å². The Kier molecular flexibility index (Phi) is 7.96. The SMILES string of the molecule is COCCOCCC(CN)(CO)C(C)C. The molecule has 0 aromatic rings. The van der Waals surface area contributed by atoms with Crippen LogP contribution in [0, 0.1) is 11.3 Å². The fourth-order valence-electron chi connectivity index (χ4n) is 1.47. The van der Waals surface area contributed by atoms with Crippen molar-refractivity contribution in [2.45, 2.75) is 20.3 Å². The van der Waals surface area contributed by atoms with Crippen molar-refractivity contribution < 1.29 is 14.6 Å². The lowest BCUT2D eigenvalue weighted by Crippen LogP contribution is -2.40. The van der Waals surface area contributed by atoms with Crippen LogP contribution in [-0.4, -0.2) is 45.2 Å². The largest absolute Gasteiger partial charge is 0.396 e. The lowest BCUT2D eigenvalue weighted by atomic mass is 9.75. The standard InChI is InChI=1S/C11H25NO3/c1-10(2)11(8-12,9-13)4-5-15-7-6-14-3/h10,13H,4-9,12H2,1-3H3. The Morgan fingerprint density at radius 2 is 1.93 bits per heavy atom. The highest BCUT2D eigenvalue weighted by molar-refractivity contribution is 4.82. The Morgan fingerprint density at radius 3 is 2.33 bits per heavy atom. The summed E-state index contributed by atoms with van der Waals surface area (Å²) in [6.45, 7) is 6.61. The summed E-state index contributed by atoms with van der Waals surface area (Å²) in [5.74, 6) is 0.360. The summed E-state index contributed by atoms with van der Waals surface area (Å²) < 4.78 is 10.3. The molecule has 3 N–H and O–H groups in total. The van der Waals surface area contributed by atoms with Crippen LogP contribution in [0.3, 0.4) is 0 Å². The molecule has 4 nitrogen and oxygen atoms in total. The minimum absolute atomic E-state index is 0.120. The molecule has 0 rings (SSSR count). The summed E-state index contributed by atoms with van der Waals surface area (Å²) in [5, 5.41) is 9.39. The predicted octanol–water partition coefficient (Wildman–Crippen LogP) is 0.633. The molecule has 4 heteroatoms. The summed E-state index contributed by atoms with van der Waals surface area (Å²) in [4.78, 5) is 0. The summed E-state index contributed by atoms with van der Waals surface area (Å²) in [6, 6.07) is 0. The first-order chi connectivity index (χ1) is 7.13. The zero-order valence-electron chi connectivity index (χ0n) is 10.2. The van der Waals surface area contributed by atoms with Gasteiger partial charge in [-0.1, -0.05) is 13.8 Å². The molecule has 0 amide bonds. The molecule has 0 saturated carbocycles. The van der Waals surface area contributed by atoms with E-state index >= 15 is 0 Å². The van der Waals surface area contributed by atoms with Gasteiger partial charge in [-0.15, -0.1) is 0 Å². The van der Waals surface area contributed by atoms with E-state index < -0.39 is 0 Å². The number of rotatable bonds is 9. The molecule has 1 unspecified atom stereocenters. The highest BCUT2D eigenvalue weighted by Crippen LogP contribution is 2.29. The smallest absolute Gasteiger partial charge is 0.0700 e. The third kappa shape index (κ3) is 4.93. The van der Waals surface area contributed by atoms with Gasteiger partial charge in [0.15, 0.2) is 0 Å². The van der Waals surface area contributed by atoms with Crippen LogP contribution in [-0.2, 0) is 9.47 Å². The number of nitrogens with two attached hydrogens (primary N) is 1. The molecule has 0 radical (unpaired) electrons. The van der Waals surface area contributed by atoms with E-state index in [1.165, 1.54) is 0 Å². The minimum Gasteiger partial charge on any atom is -0.396 e. The van der Waals surface area contributed by atoms with Crippen molar-refractivity contribution in [3.63, 3.8) is 0 Å². The third-order valence-corrected chi connectivity index (χ3v) is 3.12. The van der Waals surface area contributed by atoms with Crippen molar-refractivity contribution in [3.05, 3.63) is 0 Å². The molecule has 0 heterocycles. The molecule has 0 aromatic heterocycles. The molecule has 0 aromatic carbocycles. The van der Waals surface area contributed by atoms with Gasteiger partial charge in [0.05, 0.1) is 19.8 Å². The molecule has 0 bridgehead atoms. The Balaban J connectivity index is 3.86. The Bertz CT molecular complexity index is 147. The van der Waals surface area contributed by atoms with E-state index in [0.717, 1.165) is 6.42 Å². The number of aliphatic hydroxyl groups excluding tert-OH is 1. The number of ether oxygens (including phenoxy) is 2. The van der Waals surface area contributed by atoms with E-state index in [9.17, 15) is 5.11 Å². The molecule has 92 valence electrons. The number of methoxy groups -OCH3 is 1. The monoisotopic (exact) mass is 219 g/mol. The maximum Gasteiger partial charge on any atom is 0.0700 e. The molecular weight excluding hydrogens is 194 g/mol. The lowest BCUT2D eigenvalue weighted by molar-refractivity contribution is 0.0173. The predicted molar refractivity (Wildman–Crippen MR) is 60.7 cm³/mol. The first kappa shape index (κ1) is 14.8. The van der Waals surface area contributed by atoms with Crippen molar-refractivity contribution in [3.8, 4) is 0 Å². The molecular formula is C11H25NO3. The third-order valence-electron chi connectivity index (χ3n) is 3.12. The number of hydrogen-bond acceptors (Lipinski definition) is 4. The molecule has 15 heavy (non-hydrogen) atoms. The first-order valence-electron chi connectivity index (χ1n) is 5.50. The zero-order valence-corrected chi connectivity index (χ0v) is 10.2. The van der Waals surface area contributed by atoms with E-state index in [1.54, 1.807) is 7.11 Å². The van der Waals surface area contributed by atoms with Crippen LogP contribution in [0.15, 0.2) is 0 Å². The van der Waals surface area contributed by atoms with Crippen LogP contribution in [0.1, 0.15) is 20.3 Å². The van der Waals surface area contributed by atoms with Crippen molar-refractivity contribution >= 4 is 0 Å². The van der Waals surface area contributed by atoms with Crippen LogP contribution >= 0.6 is 0 Å². The van der Waals surface area contributed by atoms with E-state index in [4.69, 9.17) is 15.2 Å². The Hall–Kier alpha value is -0.160. The maximum atomic E-state index is 9.39. The quantitative estimate of drug-likeness (QED) is 0.558. The van der Waals surface area contributed by atoms with E-state index in [0.29, 0.717) is 32.3 Å². The second-order valence-electron chi connectivity index (χ2n) is 4.23. The summed E-state index contributed by atoms with van der Waals surface area (Å²) >= 11 is 0. The second kappa shape index (κ2) is 8.05. The highest BCUT2D eigenvalue weighted by atomic mass is 16.5. The topological polar surface area (TPSA) is 64.7 Å². The maximum absolute atomic E-state index is 9.39. The van der Waals surface area contributed by atoms with Crippen molar-refractivity contribution in [1.82, 2.24) is 0 Å². The van der Waals surface area contributed by atoms with Gasteiger partial charge >= 0.3 is 0 Å². The van der Waals surface area contributed by atoms with Crippen LogP contribution < -0.4 is 5.73 Å². The summed E-state index contributed by atoms with van der Waals surface area (Å²) in [5.41, 5.74) is 5.52. The van der Waals surface area contributed by atoms with Crippen LogP contribution in [0.2, 0.25) is 0 Å². The molecule has 0 saturated heterocycles. The molecule has 0 fully saturated rings. The van der Waals surface area contributed by atoms with Gasteiger partial charge in [0.2, 0.25) is 0 Å². The molecule has 1 atom stereocenters. The van der Waals surface area contributed by atoms with E-state index in [2.05, 4.69) is 13.8 Å². The zero-order chi connectivity index (χ0) is 11.7. The lowest BCUT2D eigenvalue weighted by Gasteiger charge is -2.34. The molecule has 0 spiro atoms. The van der Waals surface area contributed by atoms with Gasteiger partial charge in [0.1, 0.15) is 0 Å². The average Bonchev–Trinajstić information content (AvgIpc) is 2.23. The number of aliphatic hydroxyl groups is 1. The van der Waals surface area contributed by atoms with Crippen molar-refractivity contribution in [2.75, 3.05) is 40.1 Å². The van der Waals surface area contributed by atoms with Gasteiger partial charge in [-0.3, -0.25) is 0 Å². The van der Waals surface area contributed by atoms with Crippen LogP contribution in [0.4, 0.5) is 0 Å². The normalized spacial score (nSPS) is 15.6. The van der Waals surface area contributed by atoms with Gasteiger partial charge in [-0.2, -0.15) is 0 Å². The second-order valence-corrected chi connectivity index (χ2v) is 4.23. The Morgan fingerprint density at radius 1 is 1.27 bits per heavy atom. The van der Waals surface area contributed by atoms with Crippen molar-refractivity contribution in [2.24, 2.45) is 17.1 Å². The fourth-order valence-corrected chi connectivity index (χ4v) is 1.47. The Labute approximate surface area is 92.7 Å². The van der Waals surface area contributed by atoms with Gasteiger partial charge in [-0.25, -0.2) is 0 Å². The van der Waals surface area contributed by atoms with Crippen LogP contribution in [0.25, 0.3) is 0 Å². The number of hydrogen-bond donors (Lipinski definition) is 2. The van der Waals surface area contributed by atoms with Gasteiger partial charge < -0.3 is 20.3 Å². The fraction of sp³-hybridized carbons (Fsp3) is 1.00. The van der Waals surface area contributed by atoms with Crippen molar-refractivity contribution in [1.29, 1.82) is 0 Å². The van der Waals surface area contributed by atoms with Gasteiger partial charge in [0, 0.05) is 25.7 Å². The summed E-state index contributed by atoms with van der Waals surface area (Å²) in [6.07, 6.45) is 0.793. The average molecular weight is 219 g/mol. The molecule has 0 aliphatic carbocycles. The van der Waals surface area contributed by atoms with Crippen LogP contribution in [0.5, 0.6) is 0 Å². The van der Waals surface area contributed by atoms with Gasteiger partial charge in [0.25, 0.3) is 0 Å².